The van der Waals surface area contributed by atoms with Crippen LogP contribution in [0.5, 0.6) is 0 Å². The Kier molecular flexibility index (Phi) is 10.9. The number of halogens is 2. The van der Waals surface area contributed by atoms with Crippen molar-refractivity contribution in [3.05, 3.63) is 80.7 Å². The summed E-state index contributed by atoms with van der Waals surface area (Å²) in [5.41, 5.74) is 13.9. The summed E-state index contributed by atoms with van der Waals surface area (Å²) >= 11 is 7.57. The number of benzene rings is 5. The molecule has 0 N–H and O–H groups in total. The van der Waals surface area contributed by atoms with E-state index in [2.05, 4.69) is 199 Å². The van der Waals surface area contributed by atoms with Gasteiger partial charge in [0.1, 0.15) is 16.1 Å². The van der Waals surface area contributed by atoms with Crippen molar-refractivity contribution in [2.45, 2.75) is 116 Å². The lowest BCUT2D eigenvalue weighted by atomic mass is 9.89. The van der Waals surface area contributed by atoms with E-state index in [-0.39, 0.29) is 0 Å². The molecule has 250 valence electrons. The van der Waals surface area contributed by atoms with Gasteiger partial charge in [0.2, 0.25) is 0 Å². The zero-order valence-electron chi connectivity index (χ0n) is 31.0. The lowest BCUT2D eigenvalue weighted by Crippen LogP contribution is -2.43. The average Bonchev–Trinajstić information content (AvgIpc) is 3.00. The Hall–Kier alpha value is -2.35. The Bertz CT molecular complexity index is 1950. The van der Waals surface area contributed by atoms with Crippen LogP contribution in [0.3, 0.4) is 0 Å². The summed E-state index contributed by atoms with van der Waals surface area (Å²) in [6, 6.07) is 22.8. The molecule has 0 aromatic heterocycles. The molecule has 0 heterocycles. The van der Waals surface area contributed by atoms with Gasteiger partial charge in [-0.25, -0.2) is 0 Å². The molecule has 5 aromatic carbocycles. The van der Waals surface area contributed by atoms with Crippen molar-refractivity contribution in [1.82, 2.24) is 0 Å². The van der Waals surface area contributed by atoms with E-state index in [1.165, 1.54) is 43.1 Å². The van der Waals surface area contributed by atoms with Crippen LogP contribution in [0, 0.1) is 22.9 Å². The first kappa shape index (κ1) is 36.9. The molecule has 0 saturated carbocycles. The molecule has 0 aliphatic heterocycles. The molecule has 0 saturated heterocycles. The molecule has 5 aromatic rings. The monoisotopic (exact) mass is 794 g/mol. The molecular weight excluding hydrogens is 744 g/mol. The Morgan fingerprint density at radius 1 is 0.417 bits per heavy atom. The van der Waals surface area contributed by atoms with Crippen molar-refractivity contribution in [2.75, 3.05) is 0 Å². The summed E-state index contributed by atoms with van der Waals surface area (Å²) in [6.45, 7) is 28.8. The fourth-order valence-electron chi connectivity index (χ4n) is 9.13. The van der Waals surface area contributed by atoms with Crippen molar-refractivity contribution >= 4 is 91.1 Å². The van der Waals surface area contributed by atoms with Crippen molar-refractivity contribution in [3.63, 3.8) is 0 Å². The van der Waals surface area contributed by atoms with E-state index >= 15 is 0 Å². The summed E-state index contributed by atoms with van der Waals surface area (Å²) in [5.74, 6) is 7.95. The van der Waals surface area contributed by atoms with Gasteiger partial charge < -0.3 is 0 Å². The largest absolute Gasteiger partial charge is 0.146 e. The highest BCUT2D eigenvalue weighted by Crippen LogP contribution is 2.44. The predicted molar refractivity (Wildman–Crippen MR) is 228 cm³/mol. The minimum Gasteiger partial charge on any atom is -0.125 e. The molecular formula is C44H52Br2Si2. The van der Waals surface area contributed by atoms with Crippen LogP contribution in [-0.4, -0.2) is 16.1 Å². The number of hydrogen-bond donors (Lipinski definition) is 0. The van der Waals surface area contributed by atoms with Crippen LogP contribution in [0.25, 0.3) is 43.1 Å². The van der Waals surface area contributed by atoms with E-state index in [1.54, 1.807) is 0 Å². The van der Waals surface area contributed by atoms with E-state index < -0.39 is 16.1 Å². The molecule has 0 fully saturated rings. The second-order valence-electron chi connectivity index (χ2n) is 15.8. The van der Waals surface area contributed by atoms with Gasteiger partial charge >= 0.3 is 0 Å². The SMILES string of the molecule is CC(C)[Si](C#Cc1c2cc3ccccc3cc2c(C#C[Si](C(C)C)(C(C)C)C(C)C)c2cc3cc(Br)c(Br)cc3cc12)(C(C)C)C(C)C. The van der Waals surface area contributed by atoms with Gasteiger partial charge in [0, 0.05) is 20.1 Å². The summed E-state index contributed by atoms with van der Waals surface area (Å²) in [6.07, 6.45) is 0. The topological polar surface area (TPSA) is 0 Å². The number of fused-ring (bicyclic) bond motifs is 4. The van der Waals surface area contributed by atoms with Crippen LogP contribution < -0.4 is 0 Å². The quantitative estimate of drug-likeness (QED) is 0.0912. The lowest BCUT2D eigenvalue weighted by molar-refractivity contribution is 0.838. The second kappa shape index (κ2) is 14.1. The van der Waals surface area contributed by atoms with Crippen LogP contribution in [-0.2, 0) is 0 Å². The van der Waals surface area contributed by atoms with Crippen LogP contribution in [0.4, 0.5) is 0 Å². The van der Waals surface area contributed by atoms with Crippen molar-refractivity contribution in [2.24, 2.45) is 0 Å². The minimum atomic E-state index is -2.00. The highest BCUT2D eigenvalue weighted by atomic mass is 79.9. The molecule has 0 aliphatic rings. The van der Waals surface area contributed by atoms with Gasteiger partial charge in [-0.3, -0.25) is 0 Å². The Labute approximate surface area is 309 Å². The fourth-order valence-corrected chi connectivity index (χ4v) is 20.3. The smallest absolute Gasteiger partial charge is 0.125 e. The van der Waals surface area contributed by atoms with Gasteiger partial charge in [0.15, 0.2) is 0 Å². The van der Waals surface area contributed by atoms with Gasteiger partial charge in [-0.05, 0) is 145 Å². The van der Waals surface area contributed by atoms with E-state index in [1.807, 2.05) is 0 Å². The Balaban J connectivity index is 2.06. The molecule has 0 amide bonds. The zero-order chi connectivity index (χ0) is 35.3. The Morgan fingerprint density at radius 2 is 0.688 bits per heavy atom. The van der Waals surface area contributed by atoms with Crippen molar-refractivity contribution in [1.29, 1.82) is 0 Å². The third-order valence-electron chi connectivity index (χ3n) is 11.5. The summed E-state index contributed by atoms with van der Waals surface area (Å²) in [5, 5.41) is 9.76. The molecule has 4 heteroatoms. The van der Waals surface area contributed by atoms with Crippen LogP contribution in [0.15, 0.2) is 69.6 Å². The standard InChI is InChI=1S/C44H52Br2Si2/c1-27(2)47(28(3)4,29(5)6)19-17-37-39-21-33-15-13-14-16-34(33)22-40(39)38(18-20-48(30(7)8,31(9)10)32(11)12)42-24-36-26-44(46)43(45)25-35(36)23-41(37)42/h13-16,21-32H,1-12H3. The molecule has 0 spiro atoms. The molecule has 48 heavy (non-hydrogen) atoms. The van der Waals surface area contributed by atoms with E-state index in [4.69, 9.17) is 0 Å². The van der Waals surface area contributed by atoms with Crippen LogP contribution in [0.2, 0.25) is 33.2 Å². The molecule has 0 atom stereocenters. The third-order valence-corrected chi connectivity index (χ3v) is 25.9. The molecule has 0 unspecified atom stereocenters. The van der Waals surface area contributed by atoms with Crippen LogP contribution >= 0.6 is 31.9 Å². The van der Waals surface area contributed by atoms with E-state index in [9.17, 15) is 0 Å². The maximum atomic E-state index is 4.11. The average molecular weight is 797 g/mol. The summed E-state index contributed by atoms with van der Waals surface area (Å²) < 4.78 is 2.11. The first-order chi connectivity index (χ1) is 22.6. The minimum absolute atomic E-state index is 0.559. The first-order valence-corrected chi connectivity index (χ1v) is 23.9. The number of rotatable bonds is 6. The van der Waals surface area contributed by atoms with Gasteiger partial charge in [-0.2, -0.15) is 0 Å². The van der Waals surface area contributed by atoms with E-state index in [0.717, 1.165) is 20.1 Å². The maximum Gasteiger partial charge on any atom is 0.146 e. The van der Waals surface area contributed by atoms with E-state index in [0.29, 0.717) is 33.2 Å². The maximum absolute atomic E-state index is 4.11. The highest BCUT2D eigenvalue weighted by molar-refractivity contribution is 9.13. The first-order valence-electron chi connectivity index (χ1n) is 17.8. The molecule has 0 bridgehead atoms. The predicted octanol–water partition coefficient (Wildman–Crippen LogP) is 15.0. The van der Waals surface area contributed by atoms with Gasteiger partial charge in [-0.15, -0.1) is 11.1 Å². The molecule has 0 nitrogen and oxygen atoms in total. The van der Waals surface area contributed by atoms with Crippen molar-refractivity contribution < 1.29 is 0 Å². The number of hydrogen-bond acceptors (Lipinski definition) is 0. The fraction of sp³-hybridized carbons (Fsp3) is 0.409. The highest BCUT2D eigenvalue weighted by Gasteiger charge is 2.43. The molecule has 0 aliphatic carbocycles. The molecule has 5 rings (SSSR count). The molecule has 0 radical (unpaired) electrons. The van der Waals surface area contributed by atoms with Gasteiger partial charge in [0.05, 0.1) is 0 Å². The van der Waals surface area contributed by atoms with Crippen molar-refractivity contribution in [3.8, 4) is 22.9 Å². The lowest BCUT2D eigenvalue weighted by Gasteiger charge is -2.38. The third kappa shape index (κ3) is 6.26. The Morgan fingerprint density at radius 3 is 0.958 bits per heavy atom. The second-order valence-corrected chi connectivity index (χ2v) is 28.7. The normalized spacial score (nSPS) is 12.8. The van der Waals surface area contributed by atoms with Gasteiger partial charge in [-0.1, -0.05) is 119 Å². The summed E-state index contributed by atoms with van der Waals surface area (Å²) in [4.78, 5) is 0. The summed E-state index contributed by atoms with van der Waals surface area (Å²) in [7, 11) is -4.00. The zero-order valence-corrected chi connectivity index (χ0v) is 36.2. The van der Waals surface area contributed by atoms with Gasteiger partial charge in [0.25, 0.3) is 0 Å². The van der Waals surface area contributed by atoms with Crippen LogP contribution in [0.1, 0.15) is 94.2 Å².